The van der Waals surface area contributed by atoms with Crippen LogP contribution in [0, 0.1) is 6.92 Å². The summed E-state index contributed by atoms with van der Waals surface area (Å²) in [5.74, 6) is -2.21. The zero-order valence-corrected chi connectivity index (χ0v) is 16.7. The molecule has 3 rings (SSSR count). The fourth-order valence-corrected chi connectivity index (χ4v) is 4.06. The number of hydrogen-bond donors (Lipinski definition) is 3. The van der Waals surface area contributed by atoms with Crippen LogP contribution in [0.5, 0.6) is 5.75 Å². The molecular formula is C22H25N3O4. The van der Waals surface area contributed by atoms with Gasteiger partial charge in [-0.3, -0.25) is 14.4 Å². The molecule has 152 valence electrons. The Morgan fingerprint density at radius 3 is 2.10 bits per heavy atom. The van der Waals surface area contributed by atoms with E-state index in [-0.39, 0.29) is 6.42 Å². The van der Waals surface area contributed by atoms with E-state index < -0.39 is 34.6 Å². The molecule has 3 amide bonds. The van der Waals surface area contributed by atoms with E-state index in [1.165, 1.54) is 7.11 Å². The summed E-state index contributed by atoms with van der Waals surface area (Å²) in [6.07, 6.45) is 0.131. The van der Waals surface area contributed by atoms with Crippen molar-refractivity contribution >= 4 is 17.7 Å². The maximum atomic E-state index is 13.4. The molecule has 0 bridgehead atoms. The Morgan fingerprint density at radius 1 is 1.03 bits per heavy atom. The molecule has 0 aliphatic carbocycles. The molecule has 2 aromatic rings. The van der Waals surface area contributed by atoms with Gasteiger partial charge >= 0.3 is 0 Å². The standard InChI is InChI=1S/C22H25N3O4/c1-13-4-6-14(7-5-13)17-12-21(2,18(23)26)25-20(28)22(17,19(24)27)15-8-10-16(29-3)11-9-15/h4-11,17H,12H2,1-3H3,(H2,23,26)(H2,24,27)(H,25,28). The summed E-state index contributed by atoms with van der Waals surface area (Å²) < 4.78 is 5.19. The van der Waals surface area contributed by atoms with Crippen LogP contribution in [0.15, 0.2) is 48.5 Å². The van der Waals surface area contributed by atoms with E-state index in [2.05, 4.69) is 5.32 Å². The van der Waals surface area contributed by atoms with Crippen LogP contribution in [0.4, 0.5) is 0 Å². The van der Waals surface area contributed by atoms with Crippen molar-refractivity contribution in [2.75, 3.05) is 7.11 Å². The second-order valence-corrected chi connectivity index (χ2v) is 7.72. The van der Waals surface area contributed by atoms with Crippen LogP contribution in [-0.4, -0.2) is 30.4 Å². The van der Waals surface area contributed by atoms with Crippen molar-refractivity contribution in [1.82, 2.24) is 5.32 Å². The van der Waals surface area contributed by atoms with E-state index in [1.54, 1.807) is 31.2 Å². The summed E-state index contributed by atoms with van der Waals surface area (Å²) in [6.45, 7) is 3.50. The van der Waals surface area contributed by atoms with Crippen LogP contribution in [0.25, 0.3) is 0 Å². The smallest absolute Gasteiger partial charge is 0.242 e. The van der Waals surface area contributed by atoms with Crippen molar-refractivity contribution in [1.29, 1.82) is 0 Å². The molecule has 1 aliphatic heterocycles. The summed E-state index contributed by atoms with van der Waals surface area (Å²) in [5, 5.41) is 2.66. The first-order valence-corrected chi connectivity index (χ1v) is 9.28. The number of amides is 3. The Labute approximate surface area is 169 Å². The Kier molecular flexibility index (Phi) is 5.09. The molecule has 1 saturated heterocycles. The third-order valence-electron chi connectivity index (χ3n) is 5.84. The number of piperidine rings is 1. The van der Waals surface area contributed by atoms with E-state index in [1.807, 2.05) is 31.2 Å². The lowest BCUT2D eigenvalue weighted by atomic mass is 9.60. The number of carbonyl (C=O) groups excluding carboxylic acids is 3. The number of carbonyl (C=O) groups is 3. The summed E-state index contributed by atoms with van der Waals surface area (Å²) in [5.41, 5.74) is 10.6. The van der Waals surface area contributed by atoms with Crippen molar-refractivity contribution in [3.63, 3.8) is 0 Å². The van der Waals surface area contributed by atoms with Gasteiger partial charge in [-0.15, -0.1) is 0 Å². The summed E-state index contributed by atoms with van der Waals surface area (Å²) in [6, 6.07) is 14.1. The molecule has 3 atom stereocenters. The molecule has 0 radical (unpaired) electrons. The lowest BCUT2D eigenvalue weighted by molar-refractivity contribution is -0.145. The molecule has 29 heavy (non-hydrogen) atoms. The Bertz CT molecular complexity index is 955. The number of primary amides is 2. The highest BCUT2D eigenvalue weighted by Crippen LogP contribution is 2.47. The monoisotopic (exact) mass is 395 g/mol. The number of benzene rings is 2. The summed E-state index contributed by atoms with van der Waals surface area (Å²) in [7, 11) is 1.53. The number of hydrogen-bond acceptors (Lipinski definition) is 4. The third kappa shape index (κ3) is 3.22. The van der Waals surface area contributed by atoms with Gasteiger partial charge in [-0.25, -0.2) is 0 Å². The van der Waals surface area contributed by atoms with E-state index in [0.29, 0.717) is 11.3 Å². The highest BCUT2D eigenvalue weighted by Gasteiger charge is 2.60. The molecule has 5 N–H and O–H groups in total. The first-order chi connectivity index (χ1) is 13.6. The molecule has 1 heterocycles. The van der Waals surface area contributed by atoms with Crippen LogP contribution in [0.1, 0.15) is 36.0 Å². The first kappa shape index (κ1) is 20.4. The molecule has 0 spiro atoms. The normalized spacial score (nSPS) is 26.4. The van der Waals surface area contributed by atoms with E-state index in [0.717, 1.165) is 11.1 Å². The van der Waals surface area contributed by atoms with Gasteiger partial charge in [0.1, 0.15) is 11.3 Å². The van der Waals surface area contributed by atoms with Gasteiger partial charge in [0.05, 0.1) is 7.11 Å². The molecule has 1 fully saturated rings. The summed E-state index contributed by atoms with van der Waals surface area (Å²) in [4.78, 5) is 38.4. The maximum absolute atomic E-state index is 13.4. The Balaban J connectivity index is 2.26. The van der Waals surface area contributed by atoms with E-state index in [4.69, 9.17) is 16.2 Å². The van der Waals surface area contributed by atoms with Crippen molar-refractivity contribution in [3.05, 3.63) is 65.2 Å². The van der Waals surface area contributed by atoms with Crippen LogP contribution in [-0.2, 0) is 19.8 Å². The maximum Gasteiger partial charge on any atom is 0.242 e. The fraction of sp³-hybridized carbons (Fsp3) is 0.318. The van der Waals surface area contributed by atoms with Crippen molar-refractivity contribution in [2.45, 2.75) is 37.1 Å². The number of nitrogens with two attached hydrogens (primary N) is 2. The minimum atomic E-state index is -1.70. The molecule has 2 aromatic carbocycles. The topological polar surface area (TPSA) is 125 Å². The van der Waals surface area contributed by atoms with Crippen molar-refractivity contribution in [2.24, 2.45) is 11.5 Å². The number of methoxy groups -OCH3 is 1. The predicted octanol–water partition coefficient (Wildman–Crippen LogP) is 1.27. The van der Waals surface area contributed by atoms with Gasteiger partial charge in [0.2, 0.25) is 17.7 Å². The minimum Gasteiger partial charge on any atom is -0.497 e. The zero-order chi connectivity index (χ0) is 21.4. The van der Waals surface area contributed by atoms with Crippen molar-refractivity contribution < 1.29 is 19.1 Å². The molecule has 1 aliphatic rings. The Morgan fingerprint density at radius 2 is 1.62 bits per heavy atom. The average molecular weight is 395 g/mol. The first-order valence-electron chi connectivity index (χ1n) is 9.28. The predicted molar refractivity (Wildman–Crippen MR) is 108 cm³/mol. The second kappa shape index (κ2) is 7.24. The highest BCUT2D eigenvalue weighted by molar-refractivity contribution is 6.13. The SMILES string of the molecule is COc1ccc(C2(C(N)=O)C(=O)NC(C)(C(N)=O)CC2c2ccc(C)cc2)cc1. The average Bonchev–Trinajstić information content (AvgIpc) is 2.68. The van der Waals surface area contributed by atoms with Crippen LogP contribution < -0.4 is 21.5 Å². The van der Waals surface area contributed by atoms with Gasteiger partial charge < -0.3 is 21.5 Å². The van der Waals surface area contributed by atoms with Gasteiger partial charge in [0.15, 0.2) is 5.41 Å². The molecule has 0 aromatic heterocycles. The molecule has 7 nitrogen and oxygen atoms in total. The van der Waals surface area contributed by atoms with Crippen LogP contribution >= 0.6 is 0 Å². The molecular weight excluding hydrogens is 370 g/mol. The van der Waals surface area contributed by atoms with Crippen LogP contribution in [0.2, 0.25) is 0 Å². The number of rotatable bonds is 5. The second-order valence-electron chi connectivity index (χ2n) is 7.72. The van der Waals surface area contributed by atoms with Gasteiger partial charge in [-0.2, -0.15) is 0 Å². The van der Waals surface area contributed by atoms with Gasteiger partial charge in [0.25, 0.3) is 0 Å². The van der Waals surface area contributed by atoms with Gasteiger partial charge in [-0.1, -0.05) is 42.0 Å². The van der Waals surface area contributed by atoms with E-state index >= 15 is 0 Å². The van der Waals surface area contributed by atoms with Gasteiger partial charge in [0, 0.05) is 5.92 Å². The largest absolute Gasteiger partial charge is 0.497 e. The number of ether oxygens (including phenoxy) is 1. The minimum absolute atomic E-state index is 0.131. The quantitative estimate of drug-likeness (QED) is 0.660. The zero-order valence-electron chi connectivity index (χ0n) is 16.7. The van der Waals surface area contributed by atoms with Crippen LogP contribution in [0.3, 0.4) is 0 Å². The van der Waals surface area contributed by atoms with Crippen molar-refractivity contribution in [3.8, 4) is 5.75 Å². The fourth-order valence-electron chi connectivity index (χ4n) is 4.06. The molecule has 0 saturated carbocycles. The molecule has 7 heteroatoms. The number of nitrogens with one attached hydrogen (secondary N) is 1. The van der Waals surface area contributed by atoms with Gasteiger partial charge in [-0.05, 0) is 43.5 Å². The third-order valence-corrected chi connectivity index (χ3v) is 5.84. The summed E-state index contributed by atoms with van der Waals surface area (Å²) >= 11 is 0. The molecule has 3 unspecified atom stereocenters. The lowest BCUT2D eigenvalue weighted by Gasteiger charge is -2.47. The number of aryl methyl sites for hydroxylation is 1. The lowest BCUT2D eigenvalue weighted by Crippen LogP contribution is -2.69. The highest BCUT2D eigenvalue weighted by atomic mass is 16.5. The Hall–Kier alpha value is -3.35. The van der Waals surface area contributed by atoms with E-state index in [9.17, 15) is 14.4 Å².